The lowest BCUT2D eigenvalue weighted by Crippen LogP contribution is -2.61. The summed E-state index contributed by atoms with van der Waals surface area (Å²) in [5, 5.41) is 11.4. The molecule has 3 aliphatic rings. The number of nitrogens with zero attached hydrogens (tertiary/aromatic N) is 4. The Bertz CT molecular complexity index is 754. The van der Waals surface area contributed by atoms with E-state index < -0.39 is 12.1 Å². The Morgan fingerprint density at radius 2 is 2.07 bits per heavy atom. The molecule has 8 nitrogen and oxygen atoms in total. The Morgan fingerprint density at radius 1 is 1.33 bits per heavy atom. The van der Waals surface area contributed by atoms with Gasteiger partial charge >= 0.3 is 12.1 Å². The molecular formula is C19H27F3N4O4. The standard InChI is InChI=1S/C17H26N4O2.C2HF3O2/c1-19-9-13(8-18-19)10-20-11-14-4-3-7-23-17(14)15(12-20)21-6-2-5-16(21)22;3-2(4,5)1(6)7/h8-9,14-15,17H,2-7,10-12H2,1H3;(H,6,7)/t14-,15+,17-;/m0./s1. The summed E-state index contributed by atoms with van der Waals surface area (Å²) in [7, 11) is 1.95. The van der Waals surface area contributed by atoms with Crippen molar-refractivity contribution in [3.8, 4) is 0 Å². The number of likely N-dealkylation sites (tertiary alicyclic amines) is 2. The third-order valence-electron chi connectivity index (χ3n) is 5.73. The number of halogens is 3. The Balaban J connectivity index is 0.000000318. The maximum atomic E-state index is 12.3. The fraction of sp³-hybridized carbons (Fsp3) is 0.737. The number of carboxylic acid groups (broad SMARTS) is 1. The Morgan fingerprint density at radius 3 is 2.63 bits per heavy atom. The fourth-order valence-corrected chi connectivity index (χ4v) is 4.50. The van der Waals surface area contributed by atoms with Crippen molar-refractivity contribution in [1.29, 1.82) is 0 Å². The van der Waals surface area contributed by atoms with Gasteiger partial charge in [0.25, 0.3) is 0 Å². The molecule has 1 amide bonds. The van der Waals surface area contributed by atoms with Crippen molar-refractivity contribution in [2.24, 2.45) is 13.0 Å². The number of piperidine rings is 1. The molecule has 0 saturated carbocycles. The van der Waals surface area contributed by atoms with Gasteiger partial charge in [-0.1, -0.05) is 0 Å². The first-order valence-corrected chi connectivity index (χ1v) is 10.1. The molecule has 0 unspecified atom stereocenters. The minimum Gasteiger partial charge on any atom is -0.475 e. The number of carbonyl (C=O) groups is 2. The number of ether oxygens (including phenoxy) is 1. The van der Waals surface area contributed by atoms with Crippen LogP contribution >= 0.6 is 0 Å². The zero-order chi connectivity index (χ0) is 21.9. The lowest BCUT2D eigenvalue weighted by Gasteiger charge is -2.48. The zero-order valence-corrected chi connectivity index (χ0v) is 16.8. The molecule has 3 fully saturated rings. The van der Waals surface area contributed by atoms with Gasteiger partial charge in [0, 0.05) is 58.0 Å². The predicted octanol–water partition coefficient (Wildman–Crippen LogP) is 1.66. The number of rotatable bonds is 3. The fourth-order valence-electron chi connectivity index (χ4n) is 4.50. The van der Waals surface area contributed by atoms with Crippen molar-refractivity contribution in [1.82, 2.24) is 19.6 Å². The van der Waals surface area contributed by atoms with E-state index in [1.54, 1.807) is 0 Å². The van der Waals surface area contributed by atoms with Crippen molar-refractivity contribution in [3.05, 3.63) is 18.0 Å². The summed E-state index contributed by atoms with van der Waals surface area (Å²) in [5.41, 5.74) is 1.24. The molecule has 168 valence electrons. The van der Waals surface area contributed by atoms with Gasteiger partial charge in [-0.3, -0.25) is 14.4 Å². The van der Waals surface area contributed by atoms with Crippen LogP contribution in [0.25, 0.3) is 0 Å². The van der Waals surface area contributed by atoms with Crippen LogP contribution in [0.4, 0.5) is 13.2 Å². The largest absolute Gasteiger partial charge is 0.490 e. The number of hydrogen-bond acceptors (Lipinski definition) is 5. The van der Waals surface area contributed by atoms with Gasteiger partial charge in [0.1, 0.15) is 0 Å². The SMILES string of the molecule is Cn1cc(CN2C[C@@H]3CCCO[C@@H]3[C@H](N3CCCC3=O)C2)cn1.O=C(O)C(F)(F)F. The van der Waals surface area contributed by atoms with E-state index in [2.05, 4.69) is 21.1 Å². The van der Waals surface area contributed by atoms with Crippen molar-refractivity contribution in [3.63, 3.8) is 0 Å². The summed E-state index contributed by atoms with van der Waals surface area (Å²) < 4.78 is 39.7. The van der Waals surface area contributed by atoms with Gasteiger partial charge < -0.3 is 14.7 Å². The Hall–Kier alpha value is -2.14. The highest BCUT2D eigenvalue weighted by atomic mass is 19.4. The molecule has 4 heterocycles. The number of fused-ring (bicyclic) bond motifs is 1. The van der Waals surface area contributed by atoms with Gasteiger partial charge in [-0.25, -0.2) is 4.79 Å². The third-order valence-corrected chi connectivity index (χ3v) is 5.73. The number of aliphatic carboxylic acids is 1. The summed E-state index contributed by atoms with van der Waals surface area (Å²) in [6.07, 6.45) is 3.23. The number of aryl methyl sites for hydroxylation is 1. The van der Waals surface area contributed by atoms with E-state index in [1.807, 2.05) is 17.9 Å². The summed E-state index contributed by atoms with van der Waals surface area (Å²) in [6.45, 7) is 4.65. The van der Waals surface area contributed by atoms with Crippen LogP contribution in [0.1, 0.15) is 31.2 Å². The van der Waals surface area contributed by atoms with Crippen LogP contribution in [0, 0.1) is 5.92 Å². The predicted molar refractivity (Wildman–Crippen MR) is 99.4 cm³/mol. The second kappa shape index (κ2) is 9.34. The smallest absolute Gasteiger partial charge is 0.475 e. The van der Waals surface area contributed by atoms with Crippen molar-refractivity contribution in [2.75, 3.05) is 26.2 Å². The maximum Gasteiger partial charge on any atom is 0.490 e. The molecule has 11 heteroatoms. The van der Waals surface area contributed by atoms with Crippen LogP contribution in [-0.4, -0.2) is 81.1 Å². The lowest BCUT2D eigenvalue weighted by atomic mass is 9.84. The molecule has 3 atom stereocenters. The summed E-state index contributed by atoms with van der Waals surface area (Å²) in [6, 6.07) is 0.223. The van der Waals surface area contributed by atoms with E-state index in [1.165, 1.54) is 12.0 Å². The van der Waals surface area contributed by atoms with Crippen LogP contribution < -0.4 is 0 Å². The average molecular weight is 432 g/mol. The Kier molecular flexibility index (Phi) is 7.02. The Labute approximate surface area is 172 Å². The van der Waals surface area contributed by atoms with E-state index in [9.17, 15) is 18.0 Å². The molecule has 4 rings (SSSR count). The van der Waals surface area contributed by atoms with Crippen LogP contribution in [0.2, 0.25) is 0 Å². The van der Waals surface area contributed by atoms with Gasteiger partial charge in [-0.15, -0.1) is 0 Å². The van der Waals surface area contributed by atoms with Gasteiger partial charge in [0.2, 0.25) is 5.91 Å². The van der Waals surface area contributed by atoms with E-state index in [-0.39, 0.29) is 12.1 Å². The number of aromatic nitrogens is 2. The summed E-state index contributed by atoms with van der Waals surface area (Å²) in [4.78, 5) is 25.7. The van der Waals surface area contributed by atoms with Gasteiger partial charge in [-0.05, 0) is 25.2 Å². The third kappa shape index (κ3) is 5.51. The zero-order valence-electron chi connectivity index (χ0n) is 16.8. The molecule has 3 aliphatic heterocycles. The number of amides is 1. The molecule has 1 aromatic rings. The number of carbonyl (C=O) groups excluding carboxylic acids is 1. The number of hydrogen-bond donors (Lipinski definition) is 1. The van der Waals surface area contributed by atoms with E-state index in [0.29, 0.717) is 18.2 Å². The van der Waals surface area contributed by atoms with Gasteiger partial charge in [0.15, 0.2) is 0 Å². The molecule has 0 aliphatic carbocycles. The van der Waals surface area contributed by atoms with Crippen LogP contribution in [-0.2, 0) is 27.9 Å². The quantitative estimate of drug-likeness (QED) is 0.782. The first-order chi connectivity index (χ1) is 14.1. The maximum absolute atomic E-state index is 12.3. The molecule has 1 N–H and O–H groups in total. The van der Waals surface area contributed by atoms with E-state index in [0.717, 1.165) is 45.6 Å². The van der Waals surface area contributed by atoms with Crippen LogP contribution in [0.3, 0.4) is 0 Å². The highest BCUT2D eigenvalue weighted by Gasteiger charge is 2.44. The van der Waals surface area contributed by atoms with Crippen LogP contribution in [0.5, 0.6) is 0 Å². The van der Waals surface area contributed by atoms with Gasteiger partial charge in [-0.2, -0.15) is 18.3 Å². The van der Waals surface area contributed by atoms with Crippen LogP contribution in [0.15, 0.2) is 12.4 Å². The van der Waals surface area contributed by atoms with E-state index in [4.69, 9.17) is 14.6 Å². The van der Waals surface area contributed by atoms with Gasteiger partial charge in [0.05, 0.1) is 18.3 Å². The molecule has 1 aromatic heterocycles. The first-order valence-electron chi connectivity index (χ1n) is 10.1. The number of carboxylic acids is 1. The lowest BCUT2D eigenvalue weighted by molar-refractivity contribution is -0.192. The van der Waals surface area contributed by atoms with Crippen molar-refractivity contribution in [2.45, 2.75) is 50.6 Å². The minimum absolute atomic E-state index is 0.223. The molecule has 0 radical (unpaired) electrons. The summed E-state index contributed by atoms with van der Waals surface area (Å²) >= 11 is 0. The average Bonchev–Trinajstić information content (AvgIpc) is 3.28. The molecule has 30 heavy (non-hydrogen) atoms. The topological polar surface area (TPSA) is 87.9 Å². The second-order valence-corrected chi connectivity index (χ2v) is 8.01. The number of alkyl halides is 3. The highest BCUT2D eigenvalue weighted by Crippen LogP contribution is 2.33. The molecule has 0 bridgehead atoms. The van der Waals surface area contributed by atoms with Crippen molar-refractivity contribution >= 4 is 11.9 Å². The summed E-state index contributed by atoms with van der Waals surface area (Å²) in [5.74, 6) is -1.90. The molecule has 0 spiro atoms. The normalized spacial score (nSPS) is 27.4. The van der Waals surface area contributed by atoms with E-state index >= 15 is 0 Å². The van der Waals surface area contributed by atoms with Crippen molar-refractivity contribution < 1.29 is 32.6 Å². The highest BCUT2D eigenvalue weighted by molar-refractivity contribution is 5.78. The first kappa shape index (κ1) is 22.5. The molecule has 3 saturated heterocycles. The monoisotopic (exact) mass is 432 g/mol. The minimum atomic E-state index is -5.08. The molecular weight excluding hydrogens is 405 g/mol. The molecule has 0 aromatic carbocycles. The second-order valence-electron chi connectivity index (χ2n) is 8.01.